The first kappa shape index (κ1) is 9.31. The SMILES string of the molecule is COc1cccc(N(F)C(=O)O)c1. The third kappa shape index (κ3) is 2.08. The van der Waals surface area contributed by atoms with Gasteiger partial charge >= 0.3 is 6.09 Å². The molecule has 0 aromatic heterocycles. The van der Waals surface area contributed by atoms with Crippen LogP contribution < -0.4 is 9.86 Å². The molecule has 0 radical (unpaired) electrons. The van der Waals surface area contributed by atoms with Gasteiger partial charge in [0.2, 0.25) is 0 Å². The van der Waals surface area contributed by atoms with E-state index in [9.17, 15) is 9.28 Å². The van der Waals surface area contributed by atoms with Gasteiger partial charge < -0.3 is 9.84 Å². The topological polar surface area (TPSA) is 49.8 Å². The van der Waals surface area contributed by atoms with Crippen molar-refractivity contribution in [2.24, 2.45) is 0 Å². The predicted octanol–water partition coefficient (Wildman–Crippen LogP) is 2.06. The molecule has 0 atom stereocenters. The molecule has 0 fully saturated rings. The van der Waals surface area contributed by atoms with Crippen molar-refractivity contribution in [3.63, 3.8) is 0 Å². The van der Waals surface area contributed by atoms with Crippen LogP contribution in [0.2, 0.25) is 0 Å². The number of methoxy groups -OCH3 is 1. The molecule has 0 saturated heterocycles. The predicted molar refractivity (Wildman–Crippen MR) is 44.6 cm³/mol. The van der Waals surface area contributed by atoms with Crippen LogP contribution in [0, 0.1) is 0 Å². The minimum atomic E-state index is -1.66. The monoisotopic (exact) mass is 185 g/mol. The molecule has 0 aliphatic carbocycles. The van der Waals surface area contributed by atoms with Gasteiger partial charge in [0.1, 0.15) is 5.75 Å². The molecule has 0 aliphatic heterocycles. The van der Waals surface area contributed by atoms with Crippen molar-refractivity contribution in [2.75, 3.05) is 12.2 Å². The Bertz CT molecular complexity index is 316. The molecular weight excluding hydrogens is 177 g/mol. The van der Waals surface area contributed by atoms with Gasteiger partial charge in [0, 0.05) is 6.07 Å². The van der Waals surface area contributed by atoms with Gasteiger partial charge in [0.15, 0.2) is 0 Å². The number of hydrogen-bond acceptors (Lipinski definition) is 2. The summed E-state index contributed by atoms with van der Waals surface area (Å²) in [6, 6.07) is 5.72. The molecule has 1 rings (SSSR count). The fourth-order valence-corrected chi connectivity index (χ4v) is 0.843. The Morgan fingerprint density at radius 3 is 2.85 bits per heavy atom. The van der Waals surface area contributed by atoms with E-state index in [0.29, 0.717) is 5.75 Å². The van der Waals surface area contributed by atoms with Gasteiger partial charge in [-0.3, -0.25) is 0 Å². The quantitative estimate of drug-likeness (QED) is 0.717. The van der Waals surface area contributed by atoms with Crippen molar-refractivity contribution >= 4 is 11.8 Å². The highest BCUT2D eigenvalue weighted by Gasteiger charge is 2.13. The zero-order valence-electron chi connectivity index (χ0n) is 6.90. The first-order chi connectivity index (χ1) is 6.15. The molecule has 70 valence electrons. The number of nitrogens with zero attached hydrogens (tertiary/aromatic N) is 1. The van der Waals surface area contributed by atoms with Crippen molar-refractivity contribution in [2.45, 2.75) is 0 Å². The van der Waals surface area contributed by atoms with Crippen LogP contribution in [0.25, 0.3) is 0 Å². The van der Waals surface area contributed by atoms with E-state index in [-0.39, 0.29) is 10.8 Å². The van der Waals surface area contributed by atoms with Crippen LogP contribution in [0.15, 0.2) is 24.3 Å². The maximum atomic E-state index is 12.8. The lowest BCUT2D eigenvalue weighted by atomic mass is 10.3. The molecule has 1 aromatic rings. The third-order valence-corrected chi connectivity index (χ3v) is 1.45. The van der Waals surface area contributed by atoms with Crippen LogP contribution in [-0.2, 0) is 0 Å². The van der Waals surface area contributed by atoms with Crippen LogP contribution in [-0.4, -0.2) is 18.3 Å². The average Bonchev–Trinajstić information content (AvgIpc) is 2.16. The maximum absolute atomic E-state index is 12.8. The first-order valence-electron chi connectivity index (χ1n) is 3.48. The number of rotatable bonds is 2. The fraction of sp³-hybridized carbons (Fsp3) is 0.125. The number of amides is 1. The third-order valence-electron chi connectivity index (χ3n) is 1.45. The lowest BCUT2D eigenvalue weighted by molar-refractivity contribution is 0.186. The van der Waals surface area contributed by atoms with Gasteiger partial charge in [-0.1, -0.05) is 10.5 Å². The van der Waals surface area contributed by atoms with Gasteiger partial charge in [-0.2, -0.15) is 0 Å². The summed E-state index contributed by atoms with van der Waals surface area (Å²) in [4.78, 5) is 10.2. The standard InChI is InChI=1S/C8H8FNO3/c1-13-7-4-2-3-6(5-7)10(9)8(11)12/h2-5H,1H3,(H,11,12). The zero-order valence-corrected chi connectivity index (χ0v) is 6.90. The lowest BCUT2D eigenvalue weighted by Gasteiger charge is -2.08. The van der Waals surface area contributed by atoms with Crippen molar-refractivity contribution in [1.29, 1.82) is 0 Å². The van der Waals surface area contributed by atoms with E-state index in [2.05, 4.69) is 0 Å². The van der Waals surface area contributed by atoms with Gasteiger partial charge in [-0.05, 0) is 12.1 Å². The second-order valence-corrected chi connectivity index (χ2v) is 2.26. The number of carbonyl (C=O) groups is 1. The number of benzene rings is 1. The zero-order chi connectivity index (χ0) is 9.84. The Morgan fingerprint density at radius 1 is 1.62 bits per heavy atom. The summed E-state index contributed by atoms with van der Waals surface area (Å²) in [5.74, 6) is 0.404. The van der Waals surface area contributed by atoms with Crippen LogP contribution in [0.4, 0.5) is 15.0 Å². The normalized spacial score (nSPS) is 9.38. The molecule has 1 amide bonds. The van der Waals surface area contributed by atoms with Crippen LogP contribution in [0.5, 0.6) is 5.75 Å². The van der Waals surface area contributed by atoms with E-state index in [1.807, 2.05) is 0 Å². The van der Waals surface area contributed by atoms with Crippen LogP contribution in [0.1, 0.15) is 0 Å². The second kappa shape index (κ2) is 3.75. The number of carboxylic acid groups (broad SMARTS) is 1. The molecular formula is C8H8FNO3. The maximum Gasteiger partial charge on any atom is 0.440 e. The minimum absolute atomic E-state index is 0.0770. The largest absolute Gasteiger partial charge is 0.497 e. The summed E-state index contributed by atoms with van der Waals surface area (Å²) in [7, 11) is 1.42. The van der Waals surface area contributed by atoms with Gasteiger partial charge in [-0.25, -0.2) is 4.79 Å². The Balaban J connectivity index is 2.94. The van der Waals surface area contributed by atoms with Crippen molar-refractivity contribution in [1.82, 2.24) is 0 Å². The summed E-state index contributed by atoms with van der Waals surface area (Å²) < 4.78 is 17.6. The fourth-order valence-electron chi connectivity index (χ4n) is 0.843. The smallest absolute Gasteiger partial charge is 0.440 e. The summed E-state index contributed by atoms with van der Waals surface area (Å²) in [6.45, 7) is 0. The molecule has 0 bridgehead atoms. The highest BCUT2D eigenvalue weighted by Crippen LogP contribution is 2.20. The van der Waals surface area contributed by atoms with Crippen LogP contribution >= 0.6 is 0 Å². The van der Waals surface area contributed by atoms with Gasteiger partial charge in [0.05, 0.1) is 12.8 Å². The molecule has 0 heterocycles. The number of ether oxygens (including phenoxy) is 1. The lowest BCUT2D eigenvalue weighted by Crippen LogP contribution is -2.18. The average molecular weight is 185 g/mol. The van der Waals surface area contributed by atoms with Crippen molar-refractivity contribution in [3.8, 4) is 5.75 Å². The first-order valence-corrected chi connectivity index (χ1v) is 3.48. The highest BCUT2D eigenvalue weighted by atomic mass is 19.2. The summed E-state index contributed by atoms with van der Waals surface area (Å²) in [5.41, 5.74) is -0.0770. The minimum Gasteiger partial charge on any atom is -0.497 e. The van der Waals surface area contributed by atoms with E-state index >= 15 is 0 Å². The van der Waals surface area contributed by atoms with Crippen molar-refractivity contribution < 1.29 is 19.1 Å². The summed E-state index contributed by atoms with van der Waals surface area (Å²) in [6.07, 6.45) is -1.66. The van der Waals surface area contributed by atoms with Crippen molar-refractivity contribution in [3.05, 3.63) is 24.3 Å². The van der Waals surface area contributed by atoms with E-state index < -0.39 is 6.09 Å². The Morgan fingerprint density at radius 2 is 2.31 bits per heavy atom. The number of anilines is 1. The molecule has 1 aromatic carbocycles. The molecule has 0 saturated carbocycles. The van der Waals surface area contributed by atoms with Gasteiger partial charge in [0.25, 0.3) is 0 Å². The molecule has 0 spiro atoms. The Kier molecular flexibility index (Phi) is 2.69. The summed E-state index contributed by atoms with van der Waals surface area (Å²) in [5, 5.41) is 7.94. The second-order valence-electron chi connectivity index (χ2n) is 2.26. The van der Waals surface area contributed by atoms with E-state index in [1.165, 1.54) is 25.3 Å². The van der Waals surface area contributed by atoms with E-state index in [0.717, 1.165) is 0 Å². The Labute approximate surface area is 74.1 Å². The summed E-state index contributed by atoms with van der Waals surface area (Å²) >= 11 is 0. The Hall–Kier alpha value is -1.78. The number of hydrogen-bond donors (Lipinski definition) is 1. The highest BCUT2D eigenvalue weighted by molar-refractivity contribution is 5.83. The molecule has 0 unspecified atom stereocenters. The van der Waals surface area contributed by atoms with E-state index in [1.54, 1.807) is 6.07 Å². The molecule has 1 N–H and O–H groups in total. The molecule has 4 nitrogen and oxygen atoms in total. The van der Waals surface area contributed by atoms with Crippen LogP contribution in [0.3, 0.4) is 0 Å². The molecule has 0 aliphatic rings. The number of halogens is 1. The molecule has 5 heteroatoms. The van der Waals surface area contributed by atoms with Gasteiger partial charge in [-0.15, -0.1) is 5.12 Å². The molecule has 13 heavy (non-hydrogen) atoms. The van der Waals surface area contributed by atoms with E-state index in [4.69, 9.17) is 9.84 Å².